The van der Waals surface area contributed by atoms with Gasteiger partial charge in [-0.15, -0.1) is 0 Å². The first-order chi connectivity index (χ1) is 13.8. The third-order valence-corrected chi connectivity index (χ3v) is 5.38. The van der Waals surface area contributed by atoms with Gasteiger partial charge in [0.1, 0.15) is 5.82 Å². The second kappa shape index (κ2) is 7.02. The van der Waals surface area contributed by atoms with E-state index >= 15 is 0 Å². The highest BCUT2D eigenvalue weighted by atomic mass is 16.1. The summed E-state index contributed by atoms with van der Waals surface area (Å²) in [4.78, 5) is 26.8. The maximum absolute atomic E-state index is 12.7. The molecule has 138 valence electrons. The molecule has 0 saturated carbocycles. The molecule has 0 aliphatic carbocycles. The maximum atomic E-state index is 12.7. The Labute approximate surface area is 162 Å². The van der Waals surface area contributed by atoms with E-state index in [1.807, 2.05) is 12.1 Å². The van der Waals surface area contributed by atoms with Gasteiger partial charge >= 0.3 is 0 Å². The van der Waals surface area contributed by atoms with Crippen LogP contribution >= 0.6 is 0 Å². The zero-order chi connectivity index (χ0) is 18.9. The summed E-state index contributed by atoms with van der Waals surface area (Å²) in [6.07, 6.45) is 4.20. The standard InChI is InChI=1S/C23H20N4O/c28-23-20-15-27(14-18-6-3-5-16-4-1-2-7-19(16)18)13-10-21(20)25-22(26-23)17-8-11-24-12-9-17/h1-9,11-12H,10,13-15H2,(H,25,26,28). The third kappa shape index (κ3) is 3.10. The molecule has 5 heteroatoms. The quantitative estimate of drug-likeness (QED) is 0.601. The molecule has 0 amide bonds. The predicted octanol–water partition coefficient (Wildman–Crippen LogP) is 3.54. The summed E-state index contributed by atoms with van der Waals surface area (Å²) >= 11 is 0. The largest absolute Gasteiger partial charge is 0.306 e. The zero-order valence-corrected chi connectivity index (χ0v) is 15.4. The van der Waals surface area contributed by atoms with Crippen LogP contribution in [0.3, 0.4) is 0 Å². The molecule has 0 fully saturated rings. The van der Waals surface area contributed by atoms with Gasteiger partial charge in [-0.1, -0.05) is 42.5 Å². The number of hydrogen-bond donors (Lipinski definition) is 1. The molecule has 0 spiro atoms. The maximum Gasteiger partial charge on any atom is 0.255 e. The fraction of sp³-hybridized carbons (Fsp3) is 0.174. The Kier molecular flexibility index (Phi) is 4.22. The van der Waals surface area contributed by atoms with Gasteiger partial charge in [0.15, 0.2) is 0 Å². The Balaban J connectivity index is 1.43. The molecule has 1 aliphatic heterocycles. The first-order valence-electron chi connectivity index (χ1n) is 9.49. The van der Waals surface area contributed by atoms with Crippen LogP contribution in [0.15, 0.2) is 71.8 Å². The third-order valence-electron chi connectivity index (χ3n) is 5.38. The number of fused-ring (bicyclic) bond motifs is 2. The summed E-state index contributed by atoms with van der Waals surface area (Å²) in [5, 5.41) is 2.52. The van der Waals surface area contributed by atoms with E-state index in [-0.39, 0.29) is 5.56 Å². The Morgan fingerprint density at radius 2 is 1.82 bits per heavy atom. The first kappa shape index (κ1) is 16.8. The zero-order valence-electron chi connectivity index (χ0n) is 15.4. The predicted molar refractivity (Wildman–Crippen MR) is 110 cm³/mol. The van der Waals surface area contributed by atoms with E-state index in [2.05, 4.69) is 57.3 Å². The van der Waals surface area contributed by atoms with Gasteiger partial charge in [-0.2, -0.15) is 0 Å². The van der Waals surface area contributed by atoms with Crippen molar-refractivity contribution in [1.29, 1.82) is 0 Å². The van der Waals surface area contributed by atoms with E-state index in [0.717, 1.165) is 36.3 Å². The van der Waals surface area contributed by atoms with Crippen LogP contribution in [-0.4, -0.2) is 26.4 Å². The van der Waals surface area contributed by atoms with Crippen molar-refractivity contribution in [3.8, 4) is 11.4 Å². The summed E-state index contributed by atoms with van der Waals surface area (Å²) in [6.45, 7) is 2.34. The molecule has 0 bridgehead atoms. The highest BCUT2D eigenvalue weighted by molar-refractivity contribution is 5.85. The molecule has 2 aromatic heterocycles. The molecule has 5 rings (SSSR count). The van der Waals surface area contributed by atoms with Crippen LogP contribution in [0.25, 0.3) is 22.2 Å². The second-order valence-corrected chi connectivity index (χ2v) is 7.17. The molecule has 4 aromatic rings. The molecule has 1 N–H and O–H groups in total. The number of H-pyrrole nitrogens is 1. The number of pyridine rings is 1. The van der Waals surface area contributed by atoms with Crippen LogP contribution < -0.4 is 5.56 Å². The van der Waals surface area contributed by atoms with Gasteiger partial charge < -0.3 is 4.98 Å². The molecule has 28 heavy (non-hydrogen) atoms. The summed E-state index contributed by atoms with van der Waals surface area (Å²) < 4.78 is 0. The normalized spacial score (nSPS) is 14.1. The lowest BCUT2D eigenvalue weighted by molar-refractivity contribution is 0.242. The lowest BCUT2D eigenvalue weighted by Gasteiger charge is -2.28. The van der Waals surface area contributed by atoms with Crippen LogP contribution in [0.4, 0.5) is 0 Å². The van der Waals surface area contributed by atoms with Crippen molar-refractivity contribution >= 4 is 10.8 Å². The van der Waals surface area contributed by atoms with E-state index in [9.17, 15) is 4.79 Å². The molecule has 0 saturated heterocycles. The number of hydrogen-bond acceptors (Lipinski definition) is 4. The summed E-state index contributed by atoms with van der Waals surface area (Å²) in [5.41, 5.74) is 3.82. The van der Waals surface area contributed by atoms with E-state index in [4.69, 9.17) is 4.98 Å². The van der Waals surface area contributed by atoms with E-state index < -0.39 is 0 Å². The van der Waals surface area contributed by atoms with Gasteiger partial charge in [0, 0.05) is 44.0 Å². The Hall–Kier alpha value is -3.31. The minimum atomic E-state index is -0.0422. The number of benzene rings is 2. The highest BCUT2D eigenvalue weighted by Crippen LogP contribution is 2.23. The van der Waals surface area contributed by atoms with Crippen molar-refractivity contribution in [2.75, 3.05) is 6.54 Å². The summed E-state index contributed by atoms with van der Waals surface area (Å²) in [5.74, 6) is 0.619. The average molecular weight is 368 g/mol. The molecule has 0 unspecified atom stereocenters. The highest BCUT2D eigenvalue weighted by Gasteiger charge is 2.22. The van der Waals surface area contributed by atoms with E-state index in [1.165, 1.54) is 16.3 Å². The lowest BCUT2D eigenvalue weighted by atomic mass is 10.0. The van der Waals surface area contributed by atoms with Crippen molar-refractivity contribution in [2.24, 2.45) is 0 Å². The van der Waals surface area contributed by atoms with Crippen molar-refractivity contribution in [2.45, 2.75) is 19.5 Å². The second-order valence-electron chi connectivity index (χ2n) is 7.17. The molecule has 3 heterocycles. The van der Waals surface area contributed by atoms with E-state index in [0.29, 0.717) is 12.4 Å². The monoisotopic (exact) mass is 368 g/mol. The number of aromatic nitrogens is 3. The van der Waals surface area contributed by atoms with E-state index in [1.54, 1.807) is 12.4 Å². The molecule has 5 nitrogen and oxygen atoms in total. The van der Waals surface area contributed by atoms with Gasteiger partial charge in [0.2, 0.25) is 0 Å². The summed E-state index contributed by atoms with van der Waals surface area (Å²) in [6, 6.07) is 18.6. The van der Waals surface area contributed by atoms with Gasteiger partial charge in [-0.05, 0) is 28.5 Å². The minimum absolute atomic E-state index is 0.0422. The number of nitrogens with zero attached hydrogens (tertiary/aromatic N) is 3. The smallest absolute Gasteiger partial charge is 0.255 e. The fourth-order valence-corrected chi connectivity index (χ4v) is 3.93. The minimum Gasteiger partial charge on any atom is -0.306 e. The topological polar surface area (TPSA) is 61.9 Å². The van der Waals surface area contributed by atoms with Crippen molar-refractivity contribution in [3.05, 3.63) is 94.2 Å². The van der Waals surface area contributed by atoms with Gasteiger partial charge in [-0.25, -0.2) is 4.98 Å². The van der Waals surface area contributed by atoms with Crippen LogP contribution in [0.1, 0.15) is 16.8 Å². The molecular formula is C23H20N4O. The molecule has 0 atom stereocenters. The van der Waals surface area contributed by atoms with Crippen LogP contribution in [-0.2, 0) is 19.5 Å². The average Bonchev–Trinajstić information content (AvgIpc) is 2.75. The van der Waals surface area contributed by atoms with Crippen molar-refractivity contribution in [3.63, 3.8) is 0 Å². The Bertz CT molecular complexity index is 1190. The molecule has 0 radical (unpaired) electrons. The first-order valence-corrected chi connectivity index (χ1v) is 9.49. The number of rotatable bonds is 3. The van der Waals surface area contributed by atoms with Crippen molar-refractivity contribution < 1.29 is 0 Å². The number of aromatic amines is 1. The summed E-state index contributed by atoms with van der Waals surface area (Å²) in [7, 11) is 0. The van der Waals surface area contributed by atoms with Crippen molar-refractivity contribution in [1.82, 2.24) is 19.9 Å². The molecule has 1 aliphatic rings. The lowest BCUT2D eigenvalue weighted by Crippen LogP contribution is -2.35. The molecule has 2 aromatic carbocycles. The Morgan fingerprint density at radius 3 is 2.71 bits per heavy atom. The number of nitrogens with one attached hydrogen (secondary N) is 1. The van der Waals surface area contributed by atoms with Gasteiger partial charge in [0.25, 0.3) is 5.56 Å². The van der Waals surface area contributed by atoms with Crippen LogP contribution in [0.2, 0.25) is 0 Å². The van der Waals surface area contributed by atoms with Crippen LogP contribution in [0.5, 0.6) is 0 Å². The van der Waals surface area contributed by atoms with Gasteiger partial charge in [0.05, 0.1) is 11.3 Å². The Morgan fingerprint density at radius 1 is 1.00 bits per heavy atom. The molecular weight excluding hydrogens is 348 g/mol. The van der Waals surface area contributed by atoms with Gasteiger partial charge in [-0.3, -0.25) is 14.7 Å². The fourth-order valence-electron chi connectivity index (χ4n) is 3.93. The van der Waals surface area contributed by atoms with Crippen LogP contribution in [0, 0.1) is 0 Å². The SMILES string of the molecule is O=c1[nH]c(-c2ccncc2)nc2c1CN(Cc1cccc3ccccc13)CC2.